The second-order valence-electron chi connectivity index (χ2n) is 6.43. The number of hydrogen-bond acceptors (Lipinski definition) is 3. The molecule has 1 fully saturated rings. The number of hydrogen-bond donors (Lipinski definition) is 2. The van der Waals surface area contributed by atoms with E-state index in [4.69, 9.17) is 4.74 Å². The van der Waals surface area contributed by atoms with Crippen LogP contribution in [0.5, 0.6) is 5.75 Å². The van der Waals surface area contributed by atoms with Gasteiger partial charge < -0.3 is 15.4 Å². The van der Waals surface area contributed by atoms with Gasteiger partial charge in [-0.25, -0.2) is 0 Å². The number of aliphatic imine (C=N–C) groups is 1. The van der Waals surface area contributed by atoms with Crippen molar-refractivity contribution in [2.45, 2.75) is 45.7 Å². The predicted molar refractivity (Wildman–Crippen MR) is 116 cm³/mol. The van der Waals surface area contributed by atoms with E-state index in [-0.39, 0.29) is 24.0 Å². The highest BCUT2D eigenvalue weighted by atomic mass is 127. The molecule has 2 rings (SSSR count). The summed E-state index contributed by atoms with van der Waals surface area (Å²) in [6.07, 6.45) is 3.82. The summed E-state index contributed by atoms with van der Waals surface area (Å²) in [5, 5.41) is 6.86. The number of methoxy groups -OCH3 is 1. The van der Waals surface area contributed by atoms with Gasteiger partial charge in [-0.3, -0.25) is 9.89 Å². The van der Waals surface area contributed by atoms with Crippen LogP contribution in [0.4, 0.5) is 0 Å². The highest BCUT2D eigenvalue weighted by Gasteiger charge is 2.20. The van der Waals surface area contributed by atoms with Crippen LogP contribution in [0.15, 0.2) is 23.2 Å². The van der Waals surface area contributed by atoms with Gasteiger partial charge in [-0.1, -0.05) is 19.1 Å². The van der Waals surface area contributed by atoms with Gasteiger partial charge in [0.25, 0.3) is 0 Å². The Kier molecular flexibility index (Phi) is 10.2. The van der Waals surface area contributed by atoms with Gasteiger partial charge in [0.15, 0.2) is 5.96 Å². The van der Waals surface area contributed by atoms with Crippen molar-refractivity contribution in [3.8, 4) is 5.75 Å². The number of benzene rings is 1. The molecule has 0 saturated carbocycles. The van der Waals surface area contributed by atoms with Gasteiger partial charge in [0, 0.05) is 31.7 Å². The Morgan fingerprint density at radius 1 is 1.28 bits per heavy atom. The summed E-state index contributed by atoms with van der Waals surface area (Å²) in [7, 11) is 3.53. The van der Waals surface area contributed by atoms with Gasteiger partial charge in [-0.2, -0.15) is 0 Å². The van der Waals surface area contributed by atoms with Crippen molar-refractivity contribution in [3.05, 3.63) is 29.3 Å². The van der Waals surface area contributed by atoms with Crippen LogP contribution in [-0.2, 0) is 6.54 Å². The van der Waals surface area contributed by atoms with Crippen molar-refractivity contribution in [1.82, 2.24) is 15.5 Å². The summed E-state index contributed by atoms with van der Waals surface area (Å²) in [6, 6.07) is 6.86. The summed E-state index contributed by atoms with van der Waals surface area (Å²) < 4.78 is 5.47. The van der Waals surface area contributed by atoms with E-state index >= 15 is 0 Å². The molecule has 5 nitrogen and oxygen atoms in total. The van der Waals surface area contributed by atoms with Crippen LogP contribution in [-0.4, -0.2) is 50.7 Å². The summed E-state index contributed by atoms with van der Waals surface area (Å²) in [5.41, 5.74) is 2.34. The maximum atomic E-state index is 5.47. The maximum Gasteiger partial charge on any atom is 0.191 e. The Balaban J connectivity index is 0.00000312. The molecule has 0 bridgehead atoms. The second kappa shape index (κ2) is 11.6. The molecule has 1 heterocycles. The highest BCUT2D eigenvalue weighted by Crippen LogP contribution is 2.19. The topological polar surface area (TPSA) is 48.9 Å². The molecule has 1 atom stereocenters. The first-order chi connectivity index (χ1) is 11.7. The van der Waals surface area contributed by atoms with E-state index in [0.717, 1.165) is 30.2 Å². The molecule has 1 saturated heterocycles. The Labute approximate surface area is 169 Å². The zero-order chi connectivity index (χ0) is 17.4. The number of nitrogens with one attached hydrogen (secondary N) is 2. The molecule has 142 valence electrons. The molecule has 1 unspecified atom stereocenters. The third kappa shape index (κ3) is 6.66. The van der Waals surface area contributed by atoms with Crippen LogP contribution in [0.3, 0.4) is 0 Å². The summed E-state index contributed by atoms with van der Waals surface area (Å²) in [6.45, 7) is 8.42. The number of nitrogens with zero attached hydrogens (tertiary/aromatic N) is 2. The van der Waals surface area contributed by atoms with E-state index in [2.05, 4.69) is 52.6 Å². The lowest BCUT2D eigenvalue weighted by Gasteiger charge is -2.27. The smallest absolute Gasteiger partial charge is 0.191 e. The van der Waals surface area contributed by atoms with E-state index in [1.54, 1.807) is 7.11 Å². The zero-order valence-corrected chi connectivity index (χ0v) is 18.3. The minimum Gasteiger partial charge on any atom is -0.496 e. The van der Waals surface area contributed by atoms with Crippen molar-refractivity contribution in [2.75, 3.05) is 33.8 Å². The van der Waals surface area contributed by atoms with Crippen LogP contribution in [0.25, 0.3) is 0 Å². The molecular weight excluding hydrogens is 427 g/mol. The number of guanidine groups is 1. The minimum atomic E-state index is 0. The molecule has 1 aromatic rings. The average Bonchev–Trinajstić information content (AvgIpc) is 3.13. The number of ether oxygens (including phenoxy) is 1. The molecule has 1 aromatic carbocycles. The Bertz CT molecular complexity index is 544. The molecule has 1 aliphatic rings. The highest BCUT2D eigenvalue weighted by molar-refractivity contribution is 14.0. The van der Waals surface area contributed by atoms with Crippen LogP contribution in [0.2, 0.25) is 0 Å². The van der Waals surface area contributed by atoms with Crippen LogP contribution in [0.1, 0.15) is 37.3 Å². The van der Waals surface area contributed by atoms with Crippen molar-refractivity contribution >= 4 is 29.9 Å². The summed E-state index contributed by atoms with van der Waals surface area (Å²) in [5.74, 6) is 1.76. The molecule has 6 heteroatoms. The maximum absolute atomic E-state index is 5.47. The average molecular weight is 460 g/mol. The summed E-state index contributed by atoms with van der Waals surface area (Å²) in [4.78, 5) is 6.93. The fourth-order valence-corrected chi connectivity index (χ4v) is 3.25. The first kappa shape index (κ1) is 22.0. The van der Waals surface area contributed by atoms with E-state index in [9.17, 15) is 0 Å². The van der Waals surface area contributed by atoms with Gasteiger partial charge in [0.05, 0.1) is 7.11 Å². The SMILES string of the molecule is CCC(CNC(=NC)NCc1ccc(C)cc1OC)N1CCCC1.I. The molecule has 1 aliphatic heterocycles. The lowest BCUT2D eigenvalue weighted by atomic mass is 10.1. The van der Waals surface area contributed by atoms with E-state index in [0.29, 0.717) is 12.6 Å². The zero-order valence-electron chi connectivity index (χ0n) is 16.0. The molecule has 25 heavy (non-hydrogen) atoms. The van der Waals surface area contributed by atoms with E-state index < -0.39 is 0 Å². The van der Waals surface area contributed by atoms with Crippen LogP contribution >= 0.6 is 24.0 Å². The minimum absolute atomic E-state index is 0. The van der Waals surface area contributed by atoms with Gasteiger partial charge in [-0.15, -0.1) is 24.0 Å². The molecule has 2 N–H and O–H groups in total. The van der Waals surface area contributed by atoms with Crippen molar-refractivity contribution in [1.29, 1.82) is 0 Å². The molecule has 0 amide bonds. The van der Waals surface area contributed by atoms with E-state index in [1.807, 2.05) is 7.05 Å². The molecule has 0 spiro atoms. The fraction of sp³-hybridized carbons (Fsp3) is 0.632. The molecule has 0 aromatic heterocycles. The van der Waals surface area contributed by atoms with Gasteiger partial charge >= 0.3 is 0 Å². The van der Waals surface area contributed by atoms with Crippen LogP contribution < -0.4 is 15.4 Å². The quantitative estimate of drug-likeness (QED) is 0.373. The molecule has 0 radical (unpaired) electrons. The number of aryl methyl sites for hydroxylation is 1. The normalized spacial score (nSPS) is 16.2. The van der Waals surface area contributed by atoms with Crippen molar-refractivity contribution in [3.63, 3.8) is 0 Å². The van der Waals surface area contributed by atoms with Gasteiger partial charge in [0.2, 0.25) is 0 Å². The van der Waals surface area contributed by atoms with Gasteiger partial charge in [0.1, 0.15) is 5.75 Å². The second-order valence-corrected chi connectivity index (χ2v) is 6.43. The van der Waals surface area contributed by atoms with E-state index in [1.165, 1.54) is 31.5 Å². The molecule has 0 aliphatic carbocycles. The lowest BCUT2D eigenvalue weighted by molar-refractivity contribution is 0.236. The molecular formula is C19H33IN4O. The Morgan fingerprint density at radius 3 is 2.60 bits per heavy atom. The number of halogens is 1. The van der Waals surface area contributed by atoms with Crippen molar-refractivity contribution in [2.24, 2.45) is 4.99 Å². The number of rotatable bonds is 7. The Morgan fingerprint density at radius 2 is 2.00 bits per heavy atom. The number of likely N-dealkylation sites (tertiary alicyclic amines) is 1. The standard InChI is InChI=1S/C19H32N4O.HI/c1-5-17(23-10-6-7-11-23)14-22-19(20-3)21-13-16-9-8-15(2)12-18(16)24-4;/h8-9,12,17H,5-7,10-11,13-14H2,1-4H3,(H2,20,21,22);1H. The largest absolute Gasteiger partial charge is 0.496 e. The lowest BCUT2D eigenvalue weighted by Crippen LogP contribution is -2.46. The third-order valence-electron chi connectivity index (χ3n) is 4.75. The monoisotopic (exact) mass is 460 g/mol. The van der Waals surface area contributed by atoms with Gasteiger partial charge in [-0.05, 0) is 50.9 Å². The summed E-state index contributed by atoms with van der Waals surface area (Å²) >= 11 is 0. The first-order valence-corrected chi connectivity index (χ1v) is 9.00. The van der Waals surface area contributed by atoms with Crippen molar-refractivity contribution < 1.29 is 4.74 Å². The first-order valence-electron chi connectivity index (χ1n) is 9.00. The third-order valence-corrected chi connectivity index (χ3v) is 4.75. The van der Waals surface area contributed by atoms with Crippen LogP contribution in [0, 0.1) is 6.92 Å². The Hall–Kier alpha value is -1.02. The predicted octanol–water partition coefficient (Wildman–Crippen LogP) is 3.16. The fourth-order valence-electron chi connectivity index (χ4n) is 3.25.